The van der Waals surface area contributed by atoms with Crippen LogP contribution in [0.3, 0.4) is 0 Å². The highest BCUT2D eigenvalue weighted by Gasteiger charge is 2.65. The second-order valence-corrected chi connectivity index (χ2v) is 8.08. The number of rotatable bonds is 4. The van der Waals surface area contributed by atoms with E-state index in [-0.39, 0.29) is 17.2 Å². The Hall–Kier alpha value is -1.14. The summed E-state index contributed by atoms with van der Waals surface area (Å²) in [5, 5.41) is 22.7. The quantitative estimate of drug-likeness (QED) is 0.717. The number of nitrogens with one attached hydrogen (secondary N) is 1. The lowest BCUT2D eigenvalue weighted by molar-refractivity contribution is -0.140. The molecule has 0 aromatic heterocycles. The van der Waals surface area contributed by atoms with E-state index in [0.717, 1.165) is 25.7 Å². The Morgan fingerprint density at radius 3 is 2.39 bits per heavy atom. The lowest BCUT2D eigenvalue weighted by Crippen LogP contribution is -2.42. The summed E-state index contributed by atoms with van der Waals surface area (Å²) in [4.78, 5) is 23.5. The Morgan fingerprint density at radius 1 is 1.17 bits per heavy atom. The van der Waals surface area contributed by atoms with Crippen molar-refractivity contribution in [2.75, 3.05) is 19.8 Å². The van der Waals surface area contributed by atoms with E-state index in [1.807, 2.05) is 13.8 Å². The maximum atomic E-state index is 12.3. The number of carboxylic acids is 1. The molecule has 0 bridgehead atoms. The summed E-state index contributed by atoms with van der Waals surface area (Å²) in [5.41, 5.74) is -0.526. The van der Waals surface area contributed by atoms with Crippen LogP contribution in [0, 0.1) is 28.6 Å². The molecule has 0 aromatic rings. The van der Waals surface area contributed by atoms with Gasteiger partial charge in [-0.15, -0.1) is 0 Å². The number of aliphatic hydroxyl groups excluding tert-OH is 1. The van der Waals surface area contributed by atoms with Crippen molar-refractivity contribution in [1.82, 2.24) is 5.32 Å². The van der Waals surface area contributed by atoms with Gasteiger partial charge in [0.05, 0.1) is 17.9 Å². The van der Waals surface area contributed by atoms with Crippen molar-refractivity contribution in [3.8, 4) is 0 Å². The summed E-state index contributed by atoms with van der Waals surface area (Å²) >= 11 is 0. The maximum absolute atomic E-state index is 12.3. The van der Waals surface area contributed by atoms with Crippen molar-refractivity contribution >= 4 is 11.9 Å². The predicted molar refractivity (Wildman–Crippen MR) is 82.6 cm³/mol. The molecule has 2 aliphatic carbocycles. The largest absolute Gasteiger partial charge is 0.481 e. The SMILES string of the molecule is CC1(C)[C@H](C(=O)O)[C@@H]1C(=O)NCC1CCC2(CCOCC2)C1O. The number of hydrogen-bond donors (Lipinski definition) is 3. The highest BCUT2D eigenvalue weighted by molar-refractivity contribution is 5.91. The Labute approximate surface area is 136 Å². The first kappa shape index (κ1) is 16.7. The van der Waals surface area contributed by atoms with Gasteiger partial charge in [-0.3, -0.25) is 9.59 Å². The summed E-state index contributed by atoms with van der Waals surface area (Å²) in [6.07, 6.45) is 3.24. The molecule has 0 aromatic carbocycles. The van der Waals surface area contributed by atoms with E-state index in [4.69, 9.17) is 9.84 Å². The molecule has 1 spiro atoms. The molecule has 1 aliphatic heterocycles. The van der Waals surface area contributed by atoms with Crippen LogP contribution in [0.25, 0.3) is 0 Å². The van der Waals surface area contributed by atoms with Gasteiger partial charge < -0.3 is 20.3 Å². The molecular weight excluding hydrogens is 298 g/mol. The van der Waals surface area contributed by atoms with Crippen molar-refractivity contribution in [3.63, 3.8) is 0 Å². The third-order valence-electron chi connectivity index (χ3n) is 6.49. The molecule has 3 aliphatic rings. The number of carboxylic acid groups (broad SMARTS) is 1. The molecule has 0 radical (unpaired) electrons. The molecule has 3 fully saturated rings. The van der Waals surface area contributed by atoms with E-state index >= 15 is 0 Å². The molecule has 1 saturated heterocycles. The Balaban J connectivity index is 1.53. The molecule has 3 N–H and O–H groups in total. The van der Waals surface area contributed by atoms with Crippen LogP contribution in [0.5, 0.6) is 0 Å². The monoisotopic (exact) mass is 325 g/mol. The fourth-order valence-corrected chi connectivity index (χ4v) is 4.75. The average Bonchev–Trinajstić information content (AvgIpc) is 2.99. The van der Waals surface area contributed by atoms with Crippen molar-refractivity contribution in [3.05, 3.63) is 0 Å². The molecule has 3 rings (SSSR count). The minimum absolute atomic E-state index is 0.0455. The lowest BCUT2D eigenvalue weighted by atomic mass is 9.76. The molecule has 6 nitrogen and oxygen atoms in total. The van der Waals surface area contributed by atoms with Gasteiger partial charge in [-0.25, -0.2) is 0 Å². The number of carbonyl (C=O) groups excluding carboxylic acids is 1. The summed E-state index contributed by atoms with van der Waals surface area (Å²) in [5.74, 6) is -2.10. The highest BCUT2D eigenvalue weighted by Crippen LogP contribution is 2.58. The van der Waals surface area contributed by atoms with Gasteiger partial charge in [0.2, 0.25) is 5.91 Å². The molecule has 2 unspecified atom stereocenters. The van der Waals surface area contributed by atoms with Crippen LogP contribution in [0.2, 0.25) is 0 Å². The van der Waals surface area contributed by atoms with E-state index < -0.39 is 29.3 Å². The molecule has 6 heteroatoms. The van der Waals surface area contributed by atoms with Crippen LogP contribution in [0.4, 0.5) is 0 Å². The predicted octanol–water partition coefficient (Wildman–Crippen LogP) is 1.03. The number of aliphatic carboxylic acids is 1. The number of carbonyl (C=O) groups is 2. The van der Waals surface area contributed by atoms with E-state index in [9.17, 15) is 14.7 Å². The normalized spacial score (nSPS) is 37.5. The fourth-order valence-electron chi connectivity index (χ4n) is 4.75. The van der Waals surface area contributed by atoms with Crippen molar-refractivity contribution in [2.45, 2.75) is 45.6 Å². The Bertz CT molecular complexity index is 497. The molecule has 4 atom stereocenters. The molecule has 1 heterocycles. The number of aliphatic hydroxyl groups is 1. The van der Waals surface area contributed by atoms with E-state index in [2.05, 4.69) is 5.32 Å². The average molecular weight is 325 g/mol. The smallest absolute Gasteiger partial charge is 0.307 e. The van der Waals surface area contributed by atoms with Gasteiger partial charge in [-0.1, -0.05) is 13.8 Å². The minimum Gasteiger partial charge on any atom is -0.481 e. The number of hydrogen-bond acceptors (Lipinski definition) is 4. The van der Waals surface area contributed by atoms with Crippen molar-refractivity contribution in [1.29, 1.82) is 0 Å². The van der Waals surface area contributed by atoms with E-state index in [0.29, 0.717) is 19.8 Å². The highest BCUT2D eigenvalue weighted by atomic mass is 16.5. The second-order valence-electron chi connectivity index (χ2n) is 8.08. The zero-order valence-corrected chi connectivity index (χ0v) is 13.9. The zero-order chi connectivity index (χ0) is 16.8. The van der Waals surface area contributed by atoms with Crippen LogP contribution in [-0.2, 0) is 14.3 Å². The second kappa shape index (κ2) is 5.74. The first-order chi connectivity index (χ1) is 10.8. The van der Waals surface area contributed by atoms with Gasteiger partial charge in [0.1, 0.15) is 0 Å². The first-order valence-electron chi connectivity index (χ1n) is 8.56. The minimum atomic E-state index is -0.905. The van der Waals surface area contributed by atoms with Gasteiger partial charge in [0.15, 0.2) is 0 Å². The fraction of sp³-hybridized carbons (Fsp3) is 0.882. The zero-order valence-electron chi connectivity index (χ0n) is 13.9. The summed E-state index contributed by atoms with van der Waals surface area (Å²) in [6, 6.07) is 0. The third kappa shape index (κ3) is 2.76. The molecule has 1 amide bonds. The Morgan fingerprint density at radius 2 is 1.83 bits per heavy atom. The van der Waals surface area contributed by atoms with Gasteiger partial charge in [0, 0.05) is 31.1 Å². The third-order valence-corrected chi connectivity index (χ3v) is 6.49. The standard InChI is InChI=1S/C17H27NO5/c1-16(2)11(12(16)15(21)22)14(20)18-9-10-3-4-17(13(10)19)5-7-23-8-6-17/h10-13,19H,3-9H2,1-2H3,(H,18,20)(H,21,22)/t10?,11-,12+,13?/m1/s1. The van der Waals surface area contributed by atoms with Gasteiger partial charge in [0.25, 0.3) is 0 Å². The van der Waals surface area contributed by atoms with Gasteiger partial charge in [-0.05, 0) is 31.1 Å². The topological polar surface area (TPSA) is 95.9 Å². The van der Waals surface area contributed by atoms with Gasteiger partial charge >= 0.3 is 5.97 Å². The maximum Gasteiger partial charge on any atom is 0.307 e. The number of amides is 1. The van der Waals surface area contributed by atoms with Crippen LogP contribution in [0.1, 0.15) is 39.5 Å². The van der Waals surface area contributed by atoms with E-state index in [1.54, 1.807) is 0 Å². The number of ether oxygens (including phenoxy) is 1. The van der Waals surface area contributed by atoms with E-state index in [1.165, 1.54) is 0 Å². The molecular formula is C17H27NO5. The van der Waals surface area contributed by atoms with Crippen LogP contribution < -0.4 is 5.32 Å². The van der Waals surface area contributed by atoms with Crippen molar-refractivity contribution in [2.24, 2.45) is 28.6 Å². The first-order valence-corrected chi connectivity index (χ1v) is 8.56. The van der Waals surface area contributed by atoms with Crippen LogP contribution in [0.15, 0.2) is 0 Å². The van der Waals surface area contributed by atoms with Gasteiger partial charge in [-0.2, -0.15) is 0 Å². The Kier molecular flexibility index (Phi) is 4.17. The molecule has 23 heavy (non-hydrogen) atoms. The van der Waals surface area contributed by atoms with Crippen LogP contribution >= 0.6 is 0 Å². The summed E-state index contributed by atoms with van der Waals surface area (Å²) in [6.45, 7) is 5.47. The van der Waals surface area contributed by atoms with Crippen molar-refractivity contribution < 1.29 is 24.5 Å². The summed E-state index contributed by atoms with van der Waals surface area (Å²) in [7, 11) is 0. The summed E-state index contributed by atoms with van der Waals surface area (Å²) < 4.78 is 5.40. The molecule has 2 saturated carbocycles. The lowest BCUT2D eigenvalue weighted by Gasteiger charge is -2.37. The van der Waals surface area contributed by atoms with Crippen LogP contribution in [-0.4, -0.2) is 48.0 Å². The molecule has 130 valence electrons.